The van der Waals surface area contributed by atoms with E-state index >= 15 is 0 Å². The minimum Gasteiger partial charge on any atom is -0.481 e. The number of aliphatic hydroxyl groups excluding tert-OH is 6. The summed E-state index contributed by atoms with van der Waals surface area (Å²) in [6.45, 7) is 0.818. The zero-order valence-electron chi connectivity index (χ0n) is 20.1. The van der Waals surface area contributed by atoms with Crippen molar-refractivity contribution in [2.45, 2.75) is 134 Å². The Bertz CT molecular complexity index is 387. The maximum absolute atomic E-state index is 10.3. The molecule has 0 fully saturated rings. The predicted octanol–water partition coefficient (Wildman–Crippen LogP) is 1.83. The number of aliphatic hydroxyl groups is 6. The Balaban J connectivity index is -0.000000596. The quantitative estimate of drug-likeness (QED) is 0.0943. The maximum Gasteiger partial charge on any atom is 0.316 e. The molecule has 0 aromatic carbocycles. The molecule has 8 nitrogen and oxygen atoms in total. The largest absolute Gasteiger partial charge is 0.481 e. The van der Waals surface area contributed by atoms with Gasteiger partial charge in [-0.15, -0.1) is 0 Å². The molecule has 198 valence electrons. The minimum atomic E-state index is -1.67. The van der Waals surface area contributed by atoms with Crippen LogP contribution in [0, 0.1) is 0 Å². The van der Waals surface area contributed by atoms with Crippen LogP contribution in [0.1, 0.15) is 110 Å². The van der Waals surface area contributed by atoms with Crippen molar-refractivity contribution in [2.75, 3.05) is 13.2 Å². The molecule has 0 saturated carbocycles. The lowest BCUT2D eigenvalue weighted by molar-refractivity contribution is -0.137. The molecule has 0 bridgehead atoms. The Morgan fingerprint density at radius 3 is 1.09 bits per heavy atom. The van der Waals surface area contributed by atoms with Crippen molar-refractivity contribution in [1.29, 1.82) is 0 Å². The average molecular weight is 493 g/mol. The zero-order valence-corrected chi connectivity index (χ0v) is 20.1. The molecule has 4 atom stereocenters. The molecule has 0 rings (SSSR count). The van der Waals surface area contributed by atoms with Crippen molar-refractivity contribution in [3.8, 4) is 0 Å². The SMILES string of the molecule is CCCCCCCCCCCCCCCCCC(=O)O.OCC(O)C(O)C(O)C(O)CO.[MgH2]. The molecule has 4 unspecified atom stereocenters. The van der Waals surface area contributed by atoms with Crippen LogP contribution in [0.5, 0.6) is 0 Å². The van der Waals surface area contributed by atoms with Gasteiger partial charge in [-0.3, -0.25) is 4.79 Å². The van der Waals surface area contributed by atoms with E-state index < -0.39 is 43.6 Å². The van der Waals surface area contributed by atoms with Gasteiger partial charge in [0, 0.05) is 6.42 Å². The Hall–Kier alpha value is -0.00377. The van der Waals surface area contributed by atoms with Gasteiger partial charge in [-0.2, -0.15) is 0 Å². The van der Waals surface area contributed by atoms with Crippen LogP contribution in [-0.4, -0.2) is 102 Å². The van der Waals surface area contributed by atoms with Crippen molar-refractivity contribution in [3.63, 3.8) is 0 Å². The Morgan fingerprint density at radius 2 is 0.848 bits per heavy atom. The highest BCUT2D eigenvalue weighted by Crippen LogP contribution is 2.13. The van der Waals surface area contributed by atoms with E-state index in [-0.39, 0.29) is 23.1 Å². The van der Waals surface area contributed by atoms with Crippen molar-refractivity contribution in [3.05, 3.63) is 0 Å². The first-order chi connectivity index (χ1) is 15.3. The van der Waals surface area contributed by atoms with Crippen LogP contribution in [-0.2, 0) is 4.79 Å². The summed E-state index contributed by atoms with van der Waals surface area (Å²) >= 11 is 0. The van der Waals surface area contributed by atoms with Gasteiger partial charge in [0.15, 0.2) is 0 Å². The number of aliphatic carboxylic acids is 1. The fourth-order valence-electron chi connectivity index (χ4n) is 3.32. The van der Waals surface area contributed by atoms with Gasteiger partial charge in [0.05, 0.1) is 13.2 Å². The summed E-state index contributed by atoms with van der Waals surface area (Å²) in [5, 5.41) is 60.7. The lowest BCUT2D eigenvalue weighted by atomic mass is 10.0. The molecule has 0 spiro atoms. The van der Waals surface area contributed by atoms with Crippen LogP contribution in [0.4, 0.5) is 0 Å². The average Bonchev–Trinajstić information content (AvgIpc) is 2.79. The number of carboxylic acids is 1. The highest BCUT2D eigenvalue weighted by atomic mass is 24.3. The number of hydrogen-bond donors (Lipinski definition) is 7. The number of rotatable bonds is 21. The van der Waals surface area contributed by atoms with Gasteiger partial charge in [0.25, 0.3) is 0 Å². The fraction of sp³-hybridized carbons (Fsp3) is 0.958. The molecule has 0 aliphatic rings. The standard InChI is InChI=1S/C18H36O2.C6H14O6.Mg.2H/c1-2-3-4-5-6-7-8-9-10-11-12-13-14-15-16-17-18(19)20;7-1-3(9)5(11)6(12)4(10)2-8;;;/h2-17H2,1H3,(H,19,20);3-12H,1-2H2;;;. The molecule has 33 heavy (non-hydrogen) atoms. The molecule has 0 aromatic heterocycles. The molecule has 0 radical (unpaired) electrons. The molecular weight excluding hydrogens is 441 g/mol. The van der Waals surface area contributed by atoms with E-state index in [1.165, 1.54) is 83.5 Å². The van der Waals surface area contributed by atoms with E-state index in [0.29, 0.717) is 6.42 Å². The molecule has 0 saturated heterocycles. The summed E-state index contributed by atoms with van der Waals surface area (Å²) < 4.78 is 0. The first-order valence-corrected chi connectivity index (χ1v) is 12.5. The molecule has 0 aromatic rings. The second kappa shape index (κ2) is 28.2. The lowest BCUT2D eigenvalue weighted by Gasteiger charge is -2.24. The van der Waals surface area contributed by atoms with E-state index in [1.807, 2.05) is 0 Å². The summed E-state index contributed by atoms with van der Waals surface area (Å²) in [4.78, 5) is 10.3. The van der Waals surface area contributed by atoms with Crippen LogP contribution in [0.3, 0.4) is 0 Å². The first kappa shape index (κ1) is 37.5. The van der Waals surface area contributed by atoms with Crippen molar-refractivity contribution in [2.24, 2.45) is 0 Å². The normalized spacial score (nSPS) is 14.4. The number of unbranched alkanes of at least 4 members (excludes halogenated alkanes) is 14. The monoisotopic (exact) mass is 492 g/mol. The van der Waals surface area contributed by atoms with Crippen LogP contribution in [0.25, 0.3) is 0 Å². The van der Waals surface area contributed by atoms with E-state index in [0.717, 1.165) is 12.8 Å². The first-order valence-electron chi connectivity index (χ1n) is 12.5. The van der Waals surface area contributed by atoms with E-state index in [4.69, 9.17) is 35.7 Å². The number of carboxylic acid groups (broad SMARTS) is 1. The Labute approximate surface area is 216 Å². The summed E-state index contributed by atoms with van der Waals surface area (Å²) in [6.07, 6.45) is 13.8. The smallest absolute Gasteiger partial charge is 0.316 e. The molecule has 0 amide bonds. The summed E-state index contributed by atoms with van der Waals surface area (Å²) in [7, 11) is 0. The molecule has 7 N–H and O–H groups in total. The third-order valence-electron chi connectivity index (χ3n) is 5.51. The van der Waals surface area contributed by atoms with Crippen LogP contribution < -0.4 is 0 Å². The fourth-order valence-corrected chi connectivity index (χ4v) is 3.32. The van der Waals surface area contributed by atoms with Crippen LogP contribution >= 0.6 is 0 Å². The van der Waals surface area contributed by atoms with Crippen LogP contribution in [0.2, 0.25) is 0 Å². The molecular formula is C24H52MgO8. The topological polar surface area (TPSA) is 159 Å². The van der Waals surface area contributed by atoms with Crippen molar-refractivity contribution in [1.82, 2.24) is 0 Å². The second-order valence-corrected chi connectivity index (χ2v) is 8.57. The lowest BCUT2D eigenvalue weighted by Crippen LogP contribution is -2.46. The van der Waals surface area contributed by atoms with E-state index in [1.54, 1.807) is 0 Å². The van der Waals surface area contributed by atoms with Gasteiger partial charge in [0.2, 0.25) is 0 Å². The Morgan fingerprint density at radius 1 is 0.576 bits per heavy atom. The minimum absolute atomic E-state index is 0. The zero-order chi connectivity index (χ0) is 24.6. The summed E-state index contributed by atoms with van der Waals surface area (Å²) in [5.74, 6) is -0.653. The molecule has 0 heterocycles. The van der Waals surface area contributed by atoms with Gasteiger partial charge in [0.1, 0.15) is 24.4 Å². The van der Waals surface area contributed by atoms with Gasteiger partial charge < -0.3 is 35.7 Å². The highest BCUT2D eigenvalue weighted by molar-refractivity contribution is 5.75. The molecule has 0 aliphatic carbocycles. The van der Waals surface area contributed by atoms with Crippen molar-refractivity contribution >= 4 is 29.0 Å². The van der Waals surface area contributed by atoms with Gasteiger partial charge in [-0.05, 0) is 6.42 Å². The molecule has 0 aliphatic heterocycles. The summed E-state index contributed by atoms with van der Waals surface area (Å²) in [6, 6.07) is 0. The maximum atomic E-state index is 10.3. The number of hydrogen-bond acceptors (Lipinski definition) is 7. The van der Waals surface area contributed by atoms with E-state index in [2.05, 4.69) is 6.92 Å². The number of carbonyl (C=O) groups is 1. The molecule has 9 heteroatoms. The van der Waals surface area contributed by atoms with Gasteiger partial charge in [-0.1, -0.05) is 96.8 Å². The van der Waals surface area contributed by atoms with E-state index in [9.17, 15) is 4.79 Å². The third-order valence-corrected chi connectivity index (χ3v) is 5.51. The van der Waals surface area contributed by atoms with Gasteiger partial charge >= 0.3 is 29.0 Å². The van der Waals surface area contributed by atoms with Gasteiger partial charge in [-0.25, -0.2) is 0 Å². The predicted molar refractivity (Wildman–Crippen MR) is 134 cm³/mol. The second-order valence-electron chi connectivity index (χ2n) is 8.57. The highest BCUT2D eigenvalue weighted by Gasteiger charge is 2.29. The Kier molecular flexibility index (Phi) is 32.1. The van der Waals surface area contributed by atoms with Crippen LogP contribution in [0.15, 0.2) is 0 Å². The van der Waals surface area contributed by atoms with Crippen molar-refractivity contribution < 1.29 is 40.5 Å². The summed E-state index contributed by atoms with van der Waals surface area (Å²) in [5.41, 5.74) is 0. The third kappa shape index (κ3) is 26.4.